The van der Waals surface area contributed by atoms with Crippen LogP contribution in [0.4, 0.5) is 0 Å². The monoisotopic (exact) mass is 361 g/mol. The van der Waals surface area contributed by atoms with Gasteiger partial charge in [-0.2, -0.15) is 0 Å². The van der Waals surface area contributed by atoms with E-state index < -0.39 is 0 Å². The van der Waals surface area contributed by atoms with Crippen molar-refractivity contribution in [3.05, 3.63) is 0 Å². The van der Waals surface area contributed by atoms with Gasteiger partial charge in [0.2, 0.25) is 0 Å². The second-order valence-electron chi connectivity index (χ2n) is 1.21. The van der Waals surface area contributed by atoms with Crippen LogP contribution in [0.25, 0.3) is 0 Å². The Labute approximate surface area is 127 Å². The van der Waals surface area contributed by atoms with E-state index in [0.717, 1.165) is 0 Å². The zero-order chi connectivity index (χ0) is 10.7. The second kappa shape index (κ2) is 29.2. The van der Waals surface area contributed by atoms with Gasteiger partial charge in [0.25, 0.3) is 0 Å². The zero-order valence-electron chi connectivity index (χ0n) is 7.25. The van der Waals surface area contributed by atoms with E-state index in [1.54, 1.807) is 0 Å². The third-order valence-electron chi connectivity index (χ3n) is 0. The van der Waals surface area contributed by atoms with E-state index in [-0.39, 0.29) is 57.2 Å². The number of nitrogens with two attached hydrogens (primary N) is 6. The largest absolute Gasteiger partial charge is 2.00 e. The minimum Gasteiger partial charge on any atom is -1.00 e. The van der Waals surface area contributed by atoms with Gasteiger partial charge in [0, 0.05) is 0 Å². The summed E-state index contributed by atoms with van der Waals surface area (Å²) in [6, 6.07) is 0. The van der Waals surface area contributed by atoms with E-state index in [0.29, 0.717) is 0 Å². The average Bonchev–Trinajstić information content (AvgIpc) is 1.54. The van der Waals surface area contributed by atoms with Gasteiger partial charge in [-0.25, -0.2) is 0 Å². The first-order valence-electron chi connectivity index (χ1n) is 2.34. The van der Waals surface area contributed by atoms with Crippen LogP contribution in [-0.4, -0.2) is 15.3 Å². The van der Waals surface area contributed by atoms with Crippen LogP contribution in [0.1, 0.15) is 0 Å². The minimum absolute atomic E-state index is 0. The molecule has 0 aliphatic heterocycles. The molecule has 0 spiro atoms. The average molecular weight is 363 g/mol. The molecule has 6 nitrogen and oxygen atoms in total. The van der Waals surface area contributed by atoms with E-state index in [9.17, 15) is 0 Å². The first-order valence-corrected chi connectivity index (χ1v) is 3.57. The Balaban J connectivity index is -0.0000000184. The molecule has 0 aliphatic rings. The molecule has 0 amide bonds. The van der Waals surface area contributed by atoms with Gasteiger partial charge in [-0.1, -0.05) is 0 Å². The third-order valence-corrected chi connectivity index (χ3v) is 0. The molecule has 0 aromatic carbocycles. The summed E-state index contributed by atoms with van der Waals surface area (Å²) < 4.78 is 0. The molecular weight excluding hydrogens is 351 g/mol. The van der Waals surface area contributed by atoms with Gasteiger partial charge in [-0.05, 0) is 36.7 Å². The first kappa shape index (κ1) is 36.2. The fourth-order valence-electron chi connectivity index (χ4n) is 0. The summed E-state index contributed by atoms with van der Waals surface area (Å²) in [4.78, 5) is 0. The van der Waals surface area contributed by atoms with Gasteiger partial charge in [0.1, 0.15) is 0 Å². The normalized spacial score (nSPS) is 4.80. The predicted molar refractivity (Wildman–Crippen MR) is 62.9 cm³/mol. The molecule has 0 fully saturated rings. The molecule has 0 aromatic heterocycles. The first-order chi connectivity index (χ1) is 5.20. The van der Waals surface area contributed by atoms with Crippen molar-refractivity contribution >= 4 is 52.0 Å². The smallest absolute Gasteiger partial charge is 1.00 e. The van der Waals surface area contributed by atoms with Crippen LogP contribution in [0, 0.1) is 0 Å². The Bertz CT molecular complexity index is 129. The van der Waals surface area contributed by atoms with E-state index in [4.69, 9.17) is 0 Å². The number of hydrogen-bond donors (Lipinski definition) is 6. The molecule has 0 rings (SSSR count). The molecule has 97 valence electrons. The Morgan fingerprint density at radius 2 is 0.533 bits per heavy atom. The fraction of sp³-hybridized carbons (Fsp3) is 0. The second-order valence-corrected chi connectivity index (χ2v) is 2.62. The van der Waals surface area contributed by atoms with Crippen LogP contribution in [-0.2, 0) is 17.1 Å². The molecule has 0 heterocycles. The number of halogens is 2. The summed E-state index contributed by atoms with van der Waals surface area (Å²) in [5, 5.41) is 0.000000000000000666. The van der Waals surface area contributed by atoms with Crippen molar-refractivity contribution in [3.8, 4) is 0 Å². The van der Waals surface area contributed by atoms with Crippen LogP contribution >= 0.6 is 36.7 Å². The Morgan fingerprint density at radius 3 is 0.533 bits per heavy atom. The number of rotatable bonds is 0. The molecule has 0 aliphatic carbocycles. The molecule has 0 saturated carbocycles. The maximum absolute atomic E-state index is 4.62. The summed E-state index contributed by atoms with van der Waals surface area (Å²) in [5.41, 5.74) is 27.7. The van der Waals surface area contributed by atoms with Gasteiger partial charge < -0.3 is 59.2 Å². The molecular formula is C3H12Cl2CuN6S3. The minimum atomic E-state index is 0. The van der Waals surface area contributed by atoms with Gasteiger partial charge >= 0.3 is 17.1 Å². The van der Waals surface area contributed by atoms with Crippen LogP contribution in [0.15, 0.2) is 0 Å². The number of thiocarbonyl (C=S) groups is 3. The van der Waals surface area contributed by atoms with Crippen LogP contribution < -0.4 is 59.2 Å². The quantitative estimate of drug-likeness (QED) is 0.182. The zero-order valence-corrected chi connectivity index (χ0v) is 12.1. The topological polar surface area (TPSA) is 156 Å². The van der Waals surface area contributed by atoms with Crippen molar-refractivity contribution in [2.45, 2.75) is 0 Å². The summed E-state index contributed by atoms with van der Waals surface area (Å²) in [6.07, 6.45) is 0. The standard InChI is InChI=1S/3CH4N2S.2ClH.Cu/c3*2-1(3)4;;;/h3*(H4,2,3,4);2*1H;/q;;;;;+2/p-2. The third kappa shape index (κ3) is 73100. The van der Waals surface area contributed by atoms with Gasteiger partial charge in [-0.3, -0.25) is 0 Å². The maximum Gasteiger partial charge on any atom is 2.00 e. The Kier molecular flexibility index (Phi) is 70.6. The van der Waals surface area contributed by atoms with E-state index in [1.165, 1.54) is 0 Å². The molecule has 0 saturated heterocycles. The molecule has 0 unspecified atom stereocenters. The van der Waals surface area contributed by atoms with Crippen LogP contribution in [0.3, 0.4) is 0 Å². The van der Waals surface area contributed by atoms with Gasteiger partial charge in [0.15, 0.2) is 15.3 Å². The van der Waals surface area contributed by atoms with Gasteiger partial charge in [0.05, 0.1) is 0 Å². The van der Waals surface area contributed by atoms with Crippen molar-refractivity contribution in [2.75, 3.05) is 0 Å². The van der Waals surface area contributed by atoms with Crippen LogP contribution in [0.2, 0.25) is 0 Å². The van der Waals surface area contributed by atoms with Gasteiger partial charge in [-0.15, -0.1) is 0 Å². The predicted octanol–water partition coefficient (Wildman–Crippen LogP) is -8.43. The summed E-state index contributed by atoms with van der Waals surface area (Å²) in [5.74, 6) is 0. The summed E-state index contributed by atoms with van der Waals surface area (Å²) in [6.45, 7) is 0. The molecule has 12 heteroatoms. The maximum atomic E-state index is 4.62. The number of hydrogen-bond acceptors (Lipinski definition) is 3. The molecule has 0 aromatic rings. The van der Waals surface area contributed by atoms with Crippen molar-refractivity contribution in [3.63, 3.8) is 0 Å². The molecule has 0 atom stereocenters. The molecule has 15 heavy (non-hydrogen) atoms. The van der Waals surface area contributed by atoms with E-state index >= 15 is 0 Å². The van der Waals surface area contributed by atoms with Crippen molar-refractivity contribution < 1.29 is 41.9 Å². The van der Waals surface area contributed by atoms with Crippen molar-refractivity contribution in [1.82, 2.24) is 0 Å². The van der Waals surface area contributed by atoms with E-state index in [1.807, 2.05) is 0 Å². The summed E-state index contributed by atoms with van der Waals surface area (Å²) in [7, 11) is 0. The summed E-state index contributed by atoms with van der Waals surface area (Å²) >= 11 is 12.3. The molecule has 12 N–H and O–H groups in total. The fourth-order valence-corrected chi connectivity index (χ4v) is 0. The van der Waals surface area contributed by atoms with Crippen molar-refractivity contribution in [2.24, 2.45) is 34.4 Å². The SMILES string of the molecule is NC(N)=S.NC(N)=S.NC(N)=S.[Cl-].[Cl-].[Cu+2]. The Morgan fingerprint density at radius 1 is 0.533 bits per heavy atom. The van der Waals surface area contributed by atoms with Crippen LogP contribution in [0.5, 0.6) is 0 Å². The molecule has 0 bridgehead atoms. The van der Waals surface area contributed by atoms with Crippen molar-refractivity contribution in [1.29, 1.82) is 0 Å². The van der Waals surface area contributed by atoms with E-state index in [2.05, 4.69) is 71.1 Å². The Hall–Kier alpha value is 0.169. The molecule has 1 radical (unpaired) electrons.